The highest BCUT2D eigenvalue weighted by molar-refractivity contribution is 5.77. The molecule has 1 amide bonds. The molecule has 144 valence electrons. The van der Waals surface area contributed by atoms with Crippen molar-refractivity contribution in [1.29, 1.82) is 0 Å². The zero-order valence-electron chi connectivity index (χ0n) is 16.5. The summed E-state index contributed by atoms with van der Waals surface area (Å²) in [5.41, 5.74) is 0. The van der Waals surface area contributed by atoms with Crippen LogP contribution in [0, 0.1) is 0 Å². The van der Waals surface area contributed by atoms with E-state index in [-0.39, 0.29) is 0 Å². The summed E-state index contributed by atoms with van der Waals surface area (Å²) in [5, 5.41) is 2.33. The highest BCUT2D eigenvalue weighted by Gasteiger charge is 2.34. The van der Waals surface area contributed by atoms with Crippen LogP contribution in [0.1, 0.15) is 84.0 Å². The Kier molecular flexibility index (Phi) is 7.60. The molecule has 0 aromatic heterocycles. The molecule has 0 aromatic carbocycles. The largest absolute Gasteiger partial charge is 0.334 e. The average molecular weight is 352 g/mol. The number of hydrogen-bond donors (Lipinski definition) is 2. The number of hydrogen-bond acceptors (Lipinski definition) is 1. The fourth-order valence-corrected chi connectivity index (χ4v) is 5.67. The van der Waals surface area contributed by atoms with Gasteiger partial charge >= 0.3 is 0 Å². The van der Waals surface area contributed by atoms with Gasteiger partial charge in [0.15, 0.2) is 6.54 Å². The summed E-state index contributed by atoms with van der Waals surface area (Å²) < 4.78 is 0. The summed E-state index contributed by atoms with van der Waals surface area (Å²) in [4.78, 5) is 17.3. The van der Waals surface area contributed by atoms with Crippen molar-refractivity contribution in [3.05, 3.63) is 0 Å². The van der Waals surface area contributed by atoms with E-state index in [0.717, 1.165) is 12.6 Å². The number of nitrogens with one attached hydrogen (secondary N) is 1. The minimum absolute atomic E-state index is 0.440. The SMILES string of the molecule is CC[NH+]1CCC[C@H]1C[NH2+]CC(=O)N(C1CCCCC1)C1CCCCC1. The van der Waals surface area contributed by atoms with Crippen LogP contribution < -0.4 is 10.2 Å². The maximum absolute atomic E-state index is 13.2. The Balaban J connectivity index is 1.52. The molecule has 3 aliphatic rings. The predicted molar refractivity (Wildman–Crippen MR) is 102 cm³/mol. The van der Waals surface area contributed by atoms with Crippen LogP contribution in [0.3, 0.4) is 0 Å². The molecule has 2 atom stereocenters. The quantitative estimate of drug-likeness (QED) is 0.709. The Hall–Kier alpha value is -0.610. The highest BCUT2D eigenvalue weighted by Crippen LogP contribution is 2.30. The van der Waals surface area contributed by atoms with Gasteiger partial charge in [0.25, 0.3) is 5.91 Å². The fraction of sp³-hybridized carbons (Fsp3) is 0.952. The van der Waals surface area contributed by atoms with Crippen LogP contribution in [-0.2, 0) is 4.79 Å². The first-order valence-electron chi connectivity index (χ1n) is 11.3. The summed E-state index contributed by atoms with van der Waals surface area (Å²) in [6.45, 7) is 6.69. The monoisotopic (exact) mass is 351 g/mol. The molecule has 3 N–H and O–H groups in total. The van der Waals surface area contributed by atoms with Crippen LogP contribution >= 0.6 is 0 Å². The Labute approximate surface area is 154 Å². The van der Waals surface area contributed by atoms with Gasteiger partial charge < -0.3 is 15.1 Å². The summed E-state index contributed by atoms with van der Waals surface area (Å²) in [6.07, 6.45) is 15.7. The Morgan fingerprint density at radius 2 is 1.52 bits per heavy atom. The normalized spacial score (nSPS) is 29.0. The lowest BCUT2D eigenvalue weighted by Crippen LogP contribution is -3.16. The molecule has 2 saturated carbocycles. The maximum Gasteiger partial charge on any atom is 0.278 e. The van der Waals surface area contributed by atoms with Gasteiger partial charge in [-0.05, 0) is 32.6 Å². The summed E-state index contributed by atoms with van der Waals surface area (Å²) in [5.74, 6) is 0.440. The van der Waals surface area contributed by atoms with E-state index < -0.39 is 0 Å². The van der Waals surface area contributed by atoms with E-state index in [2.05, 4.69) is 17.1 Å². The van der Waals surface area contributed by atoms with Gasteiger partial charge in [-0.25, -0.2) is 0 Å². The van der Waals surface area contributed by atoms with Crippen molar-refractivity contribution in [2.75, 3.05) is 26.2 Å². The number of carbonyl (C=O) groups is 1. The van der Waals surface area contributed by atoms with Crippen molar-refractivity contribution >= 4 is 5.91 Å². The molecule has 3 fully saturated rings. The minimum atomic E-state index is 0.440. The number of rotatable bonds is 7. The second-order valence-corrected chi connectivity index (χ2v) is 8.71. The molecule has 1 unspecified atom stereocenters. The first-order valence-corrected chi connectivity index (χ1v) is 11.3. The molecule has 1 aliphatic heterocycles. The zero-order chi connectivity index (χ0) is 17.5. The Bertz CT molecular complexity index is 384. The third-order valence-corrected chi connectivity index (χ3v) is 7.08. The lowest BCUT2D eigenvalue weighted by molar-refractivity contribution is -0.923. The molecule has 25 heavy (non-hydrogen) atoms. The molecule has 0 radical (unpaired) electrons. The van der Waals surface area contributed by atoms with Crippen LogP contribution in [0.4, 0.5) is 0 Å². The molecule has 0 aromatic rings. The third kappa shape index (κ3) is 5.19. The van der Waals surface area contributed by atoms with E-state index in [1.165, 1.54) is 90.1 Å². The van der Waals surface area contributed by atoms with E-state index in [0.29, 0.717) is 24.5 Å². The minimum Gasteiger partial charge on any atom is -0.334 e. The van der Waals surface area contributed by atoms with Gasteiger partial charge in [0.1, 0.15) is 12.6 Å². The number of nitrogens with zero attached hydrogens (tertiary/aromatic N) is 1. The molecule has 0 spiro atoms. The number of nitrogens with two attached hydrogens (primary N) is 1. The van der Waals surface area contributed by atoms with Crippen LogP contribution in [0.2, 0.25) is 0 Å². The molecule has 2 aliphatic carbocycles. The van der Waals surface area contributed by atoms with Crippen LogP contribution in [0.25, 0.3) is 0 Å². The number of likely N-dealkylation sites (tertiary alicyclic amines) is 1. The van der Waals surface area contributed by atoms with Gasteiger partial charge in [-0.3, -0.25) is 4.79 Å². The lowest BCUT2D eigenvalue weighted by atomic mass is 9.88. The predicted octanol–water partition coefficient (Wildman–Crippen LogP) is 1.11. The number of quaternary nitrogens is 2. The number of likely N-dealkylation sites (N-methyl/N-ethyl adjacent to an activating group) is 1. The number of carbonyl (C=O) groups excluding carboxylic acids is 1. The second-order valence-electron chi connectivity index (χ2n) is 8.71. The molecule has 4 heteroatoms. The topological polar surface area (TPSA) is 41.4 Å². The molecule has 0 bridgehead atoms. The third-order valence-electron chi connectivity index (χ3n) is 7.08. The van der Waals surface area contributed by atoms with E-state index in [4.69, 9.17) is 0 Å². The fourth-order valence-electron chi connectivity index (χ4n) is 5.67. The summed E-state index contributed by atoms with van der Waals surface area (Å²) in [7, 11) is 0. The van der Waals surface area contributed by atoms with Crippen molar-refractivity contribution in [2.45, 2.75) is 102 Å². The smallest absolute Gasteiger partial charge is 0.278 e. The van der Waals surface area contributed by atoms with Crippen molar-refractivity contribution in [3.63, 3.8) is 0 Å². The summed E-state index contributed by atoms with van der Waals surface area (Å²) in [6, 6.07) is 1.86. The molecule has 1 heterocycles. The van der Waals surface area contributed by atoms with Gasteiger partial charge in [0.05, 0.1) is 13.1 Å². The van der Waals surface area contributed by atoms with E-state index in [1.54, 1.807) is 4.90 Å². The average Bonchev–Trinajstić information content (AvgIpc) is 3.11. The highest BCUT2D eigenvalue weighted by atomic mass is 16.2. The molecular weight excluding hydrogens is 310 g/mol. The molecule has 1 saturated heterocycles. The van der Waals surface area contributed by atoms with E-state index in [1.807, 2.05) is 0 Å². The first-order chi connectivity index (χ1) is 12.3. The zero-order valence-corrected chi connectivity index (χ0v) is 16.5. The van der Waals surface area contributed by atoms with Crippen molar-refractivity contribution < 1.29 is 15.0 Å². The Morgan fingerprint density at radius 1 is 0.920 bits per heavy atom. The molecule has 4 nitrogen and oxygen atoms in total. The van der Waals surface area contributed by atoms with Crippen molar-refractivity contribution in [1.82, 2.24) is 4.90 Å². The van der Waals surface area contributed by atoms with Crippen LogP contribution in [0.15, 0.2) is 0 Å². The first kappa shape index (κ1) is 19.2. The van der Waals surface area contributed by atoms with E-state index in [9.17, 15) is 4.79 Å². The molecular formula is C21H41N3O+2. The molecule has 3 rings (SSSR count). The van der Waals surface area contributed by atoms with E-state index >= 15 is 0 Å². The van der Waals surface area contributed by atoms with Crippen molar-refractivity contribution in [3.8, 4) is 0 Å². The maximum atomic E-state index is 13.2. The lowest BCUT2D eigenvalue weighted by Gasteiger charge is -2.41. The van der Waals surface area contributed by atoms with Gasteiger partial charge in [-0.1, -0.05) is 38.5 Å². The van der Waals surface area contributed by atoms with Gasteiger partial charge in [0, 0.05) is 24.9 Å². The number of amides is 1. The summed E-state index contributed by atoms with van der Waals surface area (Å²) >= 11 is 0. The second kappa shape index (κ2) is 9.91. The Morgan fingerprint density at radius 3 is 2.08 bits per heavy atom. The van der Waals surface area contributed by atoms with Crippen LogP contribution in [-0.4, -0.2) is 55.1 Å². The van der Waals surface area contributed by atoms with Crippen LogP contribution in [0.5, 0.6) is 0 Å². The van der Waals surface area contributed by atoms with Gasteiger partial charge in [-0.2, -0.15) is 0 Å². The van der Waals surface area contributed by atoms with Crippen molar-refractivity contribution in [2.24, 2.45) is 0 Å². The van der Waals surface area contributed by atoms with Gasteiger partial charge in [-0.15, -0.1) is 0 Å². The standard InChI is InChI=1S/C21H39N3O/c1-2-23-15-9-14-20(23)16-22-17-21(25)24(18-10-5-3-6-11-18)19-12-7-4-8-13-19/h18-20,22H,2-17H2,1H3/p+2/t20-/m0/s1. The van der Waals surface area contributed by atoms with Gasteiger partial charge in [0.2, 0.25) is 0 Å².